The molecule has 33 heavy (non-hydrogen) atoms. The van der Waals surface area contributed by atoms with Gasteiger partial charge in [-0.1, -0.05) is 35.6 Å². The standard InChI is InChI=1S/C25H28N4O3S/c30-14-15-32-21-5-3-4-19(16-21)17-27-11-8-20(9-12-27)24-26-10-13-28(24)18-29-22-6-1-2-7-23(22)33-25(29)31/h1-7,10,13,16,20,30H,8-9,11-12,14-15,17-18H2. The van der Waals surface area contributed by atoms with Gasteiger partial charge in [-0.15, -0.1) is 0 Å². The molecule has 0 radical (unpaired) electrons. The number of ether oxygens (including phenoxy) is 1. The van der Waals surface area contributed by atoms with Gasteiger partial charge in [0.05, 0.1) is 16.8 Å². The maximum atomic E-state index is 12.6. The summed E-state index contributed by atoms with van der Waals surface area (Å²) in [6, 6.07) is 16.0. The molecule has 2 aromatic carbocycles. The number of aliphatic hydroxyl groups excluding tert-OH is 1. The van der Waals surface area contributed by atoms with Gasteiger partial charge in [-0.3, -0.25) is 14.3 Å². The molecular weight excluding hydrogens is 436 g/mol. The number of fused-ring (bicyclic) bond motifs is 1. The zero-order valence-corrected chi connectivity index (χ0v) is 19.3. The summed E-state index contributed by atoms with van der Waals surface area (Å²) in [6.07, 6.45) is 5.91. The minimum Gasteiger partial charge on any atom is -0.491 e. The summed E-state index contributed by atoms with van der Waals surface area (Å²) in [5.41, 5.74) is 2.20. The van der Waals surface area contributed by atoms with E-state index in [1.54, 1.807) is 0 Å². The predicted molar refractivity (Wildman–Crippen MR) is 130 cm³/mol. The maximum absolute atomic E-state index is 12.6. The molecule has 1 N–H and O–H groups in total. The van der Waals surface area contributed by atoms with E-state index in [9.17, 15) is 4.79 Å². The van der Waals surface area contributed by atoms with E-state index >= 15 is 0 Å². The van der Waals surface area contributed by atoms with Crippen LogP contribution >= 0.6 is 11.3 Å². The summed E-state index contributed by atoms with van der Waals surface area (Å²) in [6.45, 7) is 3.72. The van der Waals surface area contributed by atoms with Crippen molar-refractivity contribution in [3.63, 3.8) is 0 Å². The van der Waals surface area contributed by atoms with Crippen LogP contribution in [0.2, 0.25) is 0 Å². The molecule has 0 bridgehead atoms. The molecule has 0 amide bonds. The molecule has 2 aromatic heterocycles. The molecule has 1 aliphatic heterocycles. The third-order valence-electron chi connectivity index (χ3n) is 6.23. The molecule has 1 fully saturated rings. The Morgan fingerprint density at radius 1 is 1.12 bits per heavy atom. The van der Waals surface area contributed by atoms with E-state index in [0.29, 0.717) is 19.2 Å². The fraction of sp³-hybridized carbons (Fsp3) is 0.360. The molecule has 3 heterocycles. The Kier molecular flexibility index (Phi) is 6.57. The third-order valence-corrected chi connectivity index (χ3v) is 7.19. The lowest BCUT2D eigenvalue weighted by atomic mass is 9.95. The average Bonchev–Trinajstić information content (AvgIpc) is 3.43. The second kappa shape index (κ2) is 9.91. The monoisotopic (exact) mass is 464 g/mol. The van der Waals surface area contributed by atoms with Gasteiger partial charge in [-0.05, 0) is 55.8 Å². The van der Waals surface area contributed by atoms with Gasteiger partial charge < -0.3 is 14.4 Å². The van der Waals surface area contributed by atoms with Crippen LogP contribution in [0.1, 0.15) is 30.1 Å². The summed E-state index contributed by atoms with van der Waals surface area (Å²) in [5, 5.41) is 8.96. The second-order valence-corrected chi connectivity index (χ2v) is 9.42. The van der Waals surface area contributed by atoms with Gasteiger partial charge in [0.2, 0.25) is 0 Å². The fourth-order valence-corrected chi connectivity index (χ4v) is 5.49. The number of para-hydroxylation sites is 1. The van der Waals surface area contributed by atoms with E-state index in [4.69, 9.17) is 9.84 Å². The Hall–Kier alpha value is -2.94. The van der Waals surface area contributed by atoms with Gasteiger partial charge in [0.25, 0.3) is 0 Å². The van der Waals surface area contributed by atoms with Gasteiger partial charge in [0.1, 0.15) is 24.8 Å². The van der Waals surface area contributed by atoms with Crippen LogP contribution in [-0.2, 0) is 13.2 Å². The molecular formula is C25H28N4O3S. The Morgan fingerprint density at radius 2 is 1.97 bits per heavy atom. The van der Waals surface area contributed by atoms with E-state index in [0.717, 1.165) is 54.3 Å². The molecule has 1 aliphatic rings. The molecule has 0 unspecified atom stereocenters. The molecule has 0 atom stereocenters. The topological polar surface area (TPSA) is 72.5 Å². The number of aliphatic hydroxyl groups is 1. The third kappa shape index (κ3) is 4.88. The minimum atomic E-state index is 0.0186. The fourth-order valence-electron chi connectivity index (χ4n) is 4.61. The number of aromatic nitrogens is 3. The van der Waals surface area contributed by atoms with Gasteiger partial charge in [0, 0.05) is 24.9 Å². The van der Waals surface area contributed by atoms with E-state index < -0.39 is 0 Å². The van der Waals surface area contributed by atoms with Crippen molar-refractivity contribution in [1.82, 2.24) is 19.0 Å². The molecule has 4 aromatic rings. The summed E-state index contributed by atoms with van der Waals surface area (Å²) < 4.78 is 10.5. The van der Waals surface area contributed by atoms with Crippen LogP contribution in [0.15, 0.2) is 65.7 Å². The smallest absolute Gasteiger partial charge is 0.309 e. The van der Waals surface area contributed by atoms with E-state index in [-0.39, 0.29) is 11.5 Å². The second-order valence-electron chi connectivity index (χ2n) is 8.43. The molecule has 0 spiro atoms. The lowest BCUT2D eigenvalue weighted by Crippen LogP contribution is -2.33. The molecule has 0 saturated carbocycles. The highest BCUT2D eigenvalue weighted by Crippen LogP contribution is 2.28. The number of thiazole rings is 1. The lowest BCUT2D eigenvalue weighted by Gasteiger charge is -2.32. The summed E-state index contributed by atoms with van der Waals surface area (Å²) in [5.74, 6) is 2.25. The zero-order chi connectivity index (χ0) is 22.6. The van der Waals surface area contributed by atoms with Crippen LogP contribution < -0.4 is 9.61 Å². The largest absolute Gasteiger partial charge is 0.491 e. The van der Waals surface area contributed by atoms with Crippen molar-refractivity contribution < 1.29 is 9.84 Å². The summed E-state index contributed by atoms with van der Waals surface area (Å²) >= 11 is 1.29. The molecule has 172 valence electrons. The van der Waals surface area contributed by atoms with E-state index in [2.05, 4.69) is 26.6 Å². The quantitative estimate of drug-likeness (QED) is 0.432. The number of nitrogens with zero attached hydrogens (tertiary/aromatic N) is 4. The molecule has 8 heteroatoms. The summed E-state index contributed by atoms with van der Waals surface area (Å²) in [7, 11) is 0. The van der Waals surface area contributed by atoms with Crippen molar-refractivity contribution in [3.05, 3.63) is 82.0 Å². The Bertz CT molecular complexity index is 1270. The number of hydrogen-bond donors (Lipinski definition) is 1. The van der Waals surface area contributed by atoms with Gasteiger partial charge in [0.15, 0.2) is 0 Å². The first kappa shape index (κ1) is 21.9. The minimum absolute atomic E-state index is 0.0186. The van der Waals surface area contributed by atoms with Gasteiger partial charge in [-0.2, -0.15) is 0 Å². The highest BCUT2D eigenvalue weighted by atomic mass is 32.1. The van der Waals surface area contributed by atoms with Gasteiger partial charge >= 0.3 is 4.87 Å². The first-order valence-electron chi connectivity index (χ1n) is 11.4. The van der Waals surface area contributed by atoms with Crippen molar-refractivity contribution in [1.29, 1.82) is 0 Å². The van der Waals surface area contributed by atoms with Crippen molar-refractivity contribution in [2.75, 3.05) is 26.3 Å². The van der Waals surface area contributed by atoms with Crippen LogP contribution in [0.25, 0.3) is 10.2 Å². The van der Waals surface area contributed by atoms with Crippen LogP contribution in [0.4, 0.5) is 0 Å². The lowest BCUT2D eigenvalue weighted by molar-refractivity contribution is 0.196. The SMILES string of the molecule is O=c1sc2ccccc2n1Cn1ccnc1C1CCN(Cc2cccc(OCCO)c2)CC1. The maximum Gasteiger partial charge on any atom is 0.309 e. The Labute approximate surface area is 196 Å². The highest BCUT2D eigenvalue weighted by Gasteiger charge is 2.24. The Morgan fingerprint density at radius 3 is 2.82 bits per heavy atom. The van der Waals surface area contributed by atoms with Crippen LogP contribution in [0.3, 0.4) is 0 Å². The van der Waals surface area contributed by atoms with Crippen molar-refractivity contribution >= 4 is 21.6 Å². The number of hydrogen-bond acceptors (Lipinski definition) is 6. The van der Waals surface area contributed by atoms with E-state index in [1.807, 2.05) is 53.4 Å². The van der Waals surface area contributed by atoms with Crippen molar-refractivity contribution in [2.24, 2.45) is 0 Å². The van der Waals surface area contributed by atoms with Crippen molar-refractivity contribution in [3.8, 4) is 5.75 Å². The zero-order valence-electron chi connectivity index (χ0n) is 18.5. The molecule has 0 aliphatic carbocycles. The first-order chi connectivity index (χ1) is 16.2. The number of imidazole rings is 1. The Balaban J connectivity index is 1.23. The van der Waals surface area contributed by atoms with Gasteiger partial charge in [-0.25, -0.2) is 4.98 Å². The predicted octanol–water partition coefficient (Wildman–Crippen LogP) is 3.52. The number of rotatable bonds is 8. The molecule has 5 rings (SSSR count). The summed E-state index contributed by atoms with van der Waals surface area (Å²) in [4.78, 5) is 19.8. The number of benzene rings is 2. The molecule has 1 saturated heterocycles. The van der Waals surface area contributed by atoms with Crippen LogP contribution in [-0.4, -0.2) is 50.4 Å². The van der Waals surface area contributed by atoms with Crippen LogP contribution in [0.5, 0.6) is 5.75 Å². The normalized spacial score (nSPS) is 15.3. The van der Waals surface area contributed by atoms with E-state index in [1.165, 1.54) is 16.9 Å². The first-order valence-corrected chi connectivity index (χ1v) is 12.2. The number of piperidine rings is 1. The highest BCUT2D eigenvalue weighted by molar-refractivity contribution is 7.16. The van der Waals surface area contributed by atoms with Crippen LogP contribution in [0, 0.1) is 0 Å². The average molecular weight is 465 g/mol. The molecule has 7 nitrogen and oxygen atoms in total. The number of likely N-dealkylation sites (tertiary alicyclic amines) is 1. The van der Waals surface area contributed by atoms with Crippen molar-refractivity contribution in [2.45, 2.75) is 32.0 Å².